The lowest BCUT2D eigenvalue weighted by Crippen LogP contribution is -2.31. The van der Waals surface area contributed by atoms with Crippen LogP contribution in [-0.4, -0.2) is 32.2 Å². The summed E-state index contributed by atoms with van der Waals surface area (Å²) in [5.74, 6) is 0.0956. The molecule has 0 aliphatic carbocycles. The highest BCUT2D eigenvalue weighted by molar-refractivity contribution is 7.89. The number of sulfonamides is 1. The van der Waals surface area contributed by atoms with E-state index in [0.717, 1.165) is 16.3 Å². The van der Waals surface area contributed by atoms with Gasteiger partial charge in [0.05, 0.1) is 5.75 Å². The normalized spacial score (nSPS) is 11.8. The molecule has 2 aromatic rings. The number of aromatic nitrogens is 1. The van der Waals surface area contributed by atoms with Crippen LogP contribution in [0.2, 0.25) is 0 Å². The van der Waals surface area contributed by atoms with Crippen LogP contribution >= 0.6 is 0 Å². The van der Waals surface area contributed by atoms with Gasteiger partial charge in [0, 0.05) is 37.4 Å². The Balaban J connectivity index is 1.87. The zero-order chi connectivity index (χ0) is 14.4. The van der Waals surface area contributed by atoms with E-state index in [1.807, 2.05) is 24.4 Å². The molecule has 0 bridgehead atoms. The molecule has 0 aliphatic rings. The topological polar surface area (TPSA) is 71.1 Å². The third-order valence-electron chi connectivity index (χ3n) is 2.95. The lowest BCUT2D eigenvalue weighted by Gasteiger charge is -2.07. The standard InChI is InChI=1S/C14H19N3O2S/c1-2-17-20(18,19)8-7-16-10-12-3-4-14-11-15-6-5-13(14)9-12/h3-6,9,11,16-17H,2,7-8,10H2,1H3. The van der Waals surface area contributed by atoms with Gasteiger partial charge in [0.2, 0.25) is 10.0 Å². The molecule has 0 fully saturated rings. The van der Waals surface area contributed by atoms with Crippen molar-refractivity contribution in [2.24, 2.45) is 0 Å². The molecule has 2 N–H and O–H groups in total. The number of pyridine rings is 1. The monoisotopic (exact) mass is 293 g/mol. The Morgan fingerprint density at radius 3 is 2.85 bits per heavy atom. The number of fused-ring (bicyclic) bond motifs is 1. The van der Waals surface area contributed by atoms with E-state index in [2.05, 4.69) is 21.1 Å². The molecule has 1 aromatic carbocycles. The molecular weight excluding hydrogens is 274 g/mol. The van der Waals surface area contributed by atoms with Gasteiger partial charge in [-0.2, -0.15) is 0 Å². The molecular formula is C14H19N3O2S. The van der Waals surface area contributed by atoms with E-state index in [9.17, 15) is 8.42 Å². The van der Waals surface area contributed by atoms with Crippen LogP contribution < -0.4 is 10.0 Å². The van der Waals surface area contributed by atoms with Crippen LogP contribution in [0.5, 0.6) is 0 Å². The molecule has 2 rings (SSSR count). The van der Waals surface area contributed by atoms with Crippen LogP contribution in [0.1, 0.15) is 12.5 Å². The SMILES string of the molecule is CCNS(=O)(=O)CCNCc1ccc2cnccc2c1. The maximum Gasteiger partial charge on any atom is 0.212 e. The Hall–Kier alpha value is -1.50. The molecule has 0 saturated carbocycles. The first-order valence-electron chi connectivity index (χ1n) is 6.61. The van der Waals surface area contributed by atoms with Gasteiger partial charge in [-0.3, -0.25) is 4.98 Å². The fourth-order valence-electron chi connectivity index (χ4n) is 1.97. The van der Waals surface area contributed by atoms with Gasteiger partial charge in [-0.25, -0.2) is 13.1 Å². The van der Waals surface area contributed by atoms with Crippen LogP contribution in [0.4, 0.5) is 0 Å². The molecule has 0 amide bonds. The molecule has 1 heterocycles. The molecule has 0 radical (unpaired) electrons. The molecule has 1 aromatic heterocycles. The van der Waals surface area contributed by atoms with Crippen molar-refractivity contribution in [1.29, 1.82) is 0 Å². The maximum absolute atomic E-state index is 11.5. The van der Waals surface area contributed by atoms with Crippen molar-refractivity contribution in [3.63, 3.8) is 0 Å². The Bertz CT molecular complexity index is 671. The quantitative estimate of drug-likeness (QED) is 0.754. The van der Waals surface area contributed by atoms with Gasteiger partial charge < -0.3 is 5.32 Å². The molecule has 5 nitrogen and oxygen atoms in total. The van der Waals surface area contributed by atoms with E-state index in [0.29, 0.717) is 19.6 Å². The number of hydrogen-bond acceptors (Lipinski definition) is 4. The summed E-state index contributed by atoms with van der Waals surface area (Å²) in [5.41, 5.74) is 1.13. The summed E-state index contributed by atoms with van der Waals surface area (Å²) in [6.45, 7) is 3.29. The molecule has 0 unspecified atom stereocenters. The first kappa shape index (κ1) is 14.9. The summed E-state index contributed by atoms with van der Waals surface area (Å²) in [4.78, 5) is 4.07. The summed E-state index contributed by atoms with van der Waals surface area (Å²) in [6, 6.07) is 8.10. The van der Waals surface area contributed by atoms with Gasteiger partial charge >= 0.3 is 0 Å². The maximum atomic E-state index is 11.5. The predicted molar refractivity (Wildman–Crippen MR) is 80.9 cm³/mol. The third kappa shape index (κ3) is 4.26. The van der Waals surface area contributed by atoms with Crippen LogP contribution in [0.15, 0.2) is 36.7 Å². The highest BCUT2D eigenvalue weighted by atomic mass is 32.2. The Morgan fingerprint density at radius 2 is 2.05 bits per heavy atom. The fourth-order valence-corrected chi connectivity index (χ4v) is 2.97. The Morgan fingerprint density at radius 1 is 1.20 bits per heavy atom. The third-order valence-corrected chi connectivity index (χ3v) is 4.42. The predicted octanol–water partition coefficient (Wildman–Crippen LogP) is 1.26. The largest absolute Gasteiger partial charge is 0.312 e. The number of hydrogen-bond donors (Lipinski definition) is 2. The van der Waals surface area contributed by atoms with Gasteiger partial charge in [-0.15, -0.1) is 0 Å². The summed E-state index contributed by atoms with van der Waals surface area (Å²) in [6.07, 6.45) is 3.60. The van der Waals surface area contributed by atoms with Crippen LogP contribution in [0.25, 0.3) is 10.8 Å². The van der Waals surface area contributed by atoms with Gasteiger partial charge in [0.25, 0.3) is 0 Å². The number of benzene rings is 1. The van der Waals surface area contributed by atoms with E-state index in [1.54, 1.807) is 13.1 Å². The smallest absolute Gasteiger partial charge is 0.212 e. The number of rotatable bonds is 7. The van der Waals surface area contributed by atoms with Crippen LogP contribution in [0, 0.1) is 0 Å². The summed E-state index contributed by atoms with van der Waals surface area (Å²) in [5, 5.41) is 5.39. The van der Waals surface area contributed by atoms with Crippen molar-refractivity contribution < 1.29 is 8.42 Å². The molecule has 0 spiro atoms. The highest BCUT2D eigenvalue weighted by Crippen LogP contribution is 2.14. The summed E-state index contributed by atoms with van der Waals surface area (Å²) in [7, 11) is -3.14. The van der Waals surface area contributed by atoms with Crippen molar-refractivity contribution in [1.82, 2.24) is 15.0 Å². The van der Waals surface area contributed by atoms with Gasteiger partial charge in [-0.05, 0) is 23.1 Å². The van der Waals surface area contributed by atoms with E-state index in [4.69, 9.17) is 0 Å². The molecule has 20 heavy (non-hydrogen) atoms. The first-order chi connectivity index (χ1) is 9.61. The zero-order valence-electron chi connectivity index (χ0n) is 11.5. The summed E-state index contributed by atoms with van der Waals surface area (Å²) >= 11 is 0. The van der Waals surface area contributed by atoms with Crippen molar-refractivity contribution >= 4 is 20.8 Å². The van der Waals surface area contributed by atoms with Crippen molar-refractivity contribution in [3.05, 3.63) is 42.2 Å². The zero-order valence-corrected chi connectivity index (χ0v) is 12.3. The molecule has 108 valence electrons. The number of nitrogens with one attached hydrogen (secondary N) is 2. The second-order valence-corrected chi connectivity index (χ2v) is 6.48. The second kappa shape index (κ2) is 6.78. The first-order valence-corrected chi connectivity index (χ1v) is 8.26. The lowest BCUT2D eigenvalue weighted by molar-refractivity contribution is 0.579. The average Bonchev–Trinajstić information content (AvgIpc) is 2.43. The average molecular weight is 293 g/mol. The molecule has 0 saturated heterocycles. The molecule has 6 heteroatoms. The van der Waals surface area contributed by atoms with E-state index in [1.165, 1.54) is 0 Å². The minimum atomic E-state index is -3.14. The van der Waals surface area contributed by atoms with Gasteiger partial charge in [0.15, 0.2) is 0 Å². The molecule has 0 atom stereocenters. The fraction of sp³-hybridized carbons (Fsp3) is 0.357. The Labute approximate surface area is 119 Å². The van der Waals surface area contributed by atoms with Crippen molar-refractivity contribution in [2.75, 3.05) is 18.8 Å². The summed E-state index contributed by atoms with van der Waals surface area (Å²) < 4.78 is 25.4. The highest BCUT2D eigenvalue weighted by Gasteiger charge is 2.07. The van der Waals surface area contributed by atoms with Gasteiger partial charge in [0.1, 0.15) is 0 Å². The van der Waals surface area contributed by atoms with Crippen molar-refractivity contribution in [3.8, 4) is 0 Å². The van der Waals surface area contributed by atoms with Gasteiger partial charge in [-0.1, -0.05) is 19.1 Å². The van der Waals surface area contributed by atoms with E-state index >= 15 is 0 Å². The van der Waals surface area contributed by atoms with Crippen molar-refractivity contribution in [2.45, 2.75) is 13.5 Å². The van der Waals surface area contributed by atoms with Crippen LogP contribution in [-0.2, 0) is 16.6 Å². The van der Waals surface area contributed by atoms with E-state index in [-0.39, 0.29) is 5.75 Å². The second-order valence-electron chi connectivity index (χ2n) is 4.55. The Kier molecular flexibility index (Phi) is 5.05. The number of nitrogens with zero attached hydrogens (tertiary/aromatic N) is 1. The lowest BCUT2D eigenvalue weighted by atomic mass is 10.1. The molecule has 0 aliphatic heterocycles. The minimum absolute atomic E-state index is 0.0956. The van der Waals surface area contributed by atoms with Crippen LogP contribution in [0.3, 0.4) is 0 Å². The van der Waals surface area contributed by atoms with E-state index < -0.39 is 10.0 Å². The minimum Gasteiger partial charge on any atom is -0.312 e.